The van der Waals surface area contributed by atoms with Crippen LogP contribution in [0.25, 0.3) is 11.3 Å². The Morgan fingerprint density at radius 3 is 2.25 bits per heavy atom. The van der Waals surface area contributed by atoms with Crippen molar-refractivity contribution in [2.75, 3.05) is 5.32 Å². The minimum absolute atomic E-state index is 0.0599. The first-order valence-corrected chi connectivity index (χ1v) is 10.7. The second-order valence-electron chi connectivity index (χ2n) is 7.71. The molecule has 4 rings (SSSR count). The number of pyridine rings is 1. The molecule has 0 aliphatic heterocycles. The number of benzene rings is 3. The predicted octanol–water partition coefficient (Wildman–Crippen LogP) is 6.06. The highest BCUT2D eigenvalue weighted by Crippen LogP contribution is 2.34. The van der Waals surface area contributed by atoms with Crippen molar-refractivity contribution in [2.24, 2.45) is 0 Å². The molecule has 0 atom stereocenters. The Balaban J connectivity index is 1.78. The number of halogens is 3. The molecule has 0 saturated carbocycles. The van der Waals surface area contributed by atoms with Crippen LogP contribution in [0.4, 0.5) is 23.7 Å². The van der Waals surface area contributed by atoms with Crippen molar-refractivity contribution < 1.29 is 22.7 Å². The number of nitrogens with zero attached hydrogens (tertiary/aromatic N) is 2. The van der Waals surface area contributed by atoms with E-state index < -0.39 is 29.0 Å². The molecule has 36 heavy (non-hydrogen) atoms. The molecule has 0 aliphatic carbocycles. The smallest absolute Gasteiger partial charge is 0.410 e. The fourth-order valence-corrected chi connectivity index (χ4v) is 3.64. The number of nitriles is 1. The average Bonchev–Trinajstić information content (AvgIpc) is 2.85. The molecular formula is C27H18F3N3O3. The van der Waals surface area contributed by atoms with Crippen LogP contribution in [0.5, 0.6) is 5.75 Å². The molecule has 3 aromatic carbocycles. The van der Waals surface area contributed by atoms with Crippen molar-refractivity contribution in [1.82, 2.24) is 4.57 Å². The normalized spacial score (nSPS) is 10.9. The average molecular weight is 489 g/mol. The lowest BCUT2D eigenvalue weighted by molar-refractivity contribution is -0.137. The number of hydrogen-bond donors (Lipinski definition) is 1. The molecule has 0 aliphatic rings. The summed E-state index contributed by atoms with van der Waals surface area (Å²) in [6, 6.07) is 25.2. The van der Waals surface area contributed by atoms with Crippen molar-refractivity contribution in [3.63, 3.8) is 0 Å². The summed E-state index contributed by atoms with van der Waals surface area (Å²) in [5, 5.41) is 11.9. The summed E-state index contributed by atoms with van der Waals surface area (Å²) in [6.45, 7) is -0.0600. The van der Waals surface area contributed by atoms with Gasteiger partial charge in [0.2, 0.25) is 0 Å². The Kier molecular flexibility index (Phi) is 6.88. The molecule has 0 radical (unpaired) electrons. The van der Waals surface area contributed by atoms with E-state index in [9.17, 15) is 28.0 Å². The number of amides is 1. The van der Waals surface area contributed by atoms with Crippen LogP contribution < -0.4 is 15.6 Å². The van der Waals surface area contributed by atoms with Gasteiger partial charge in [0.25, 0.3) is 5.56 Å². The Morgan fingerprint density at radius 1 is 0.944 bits per heavy atom. The van der Waals surface area contributed by atoms with Gasteiger partial charge in [0, 0.05) is 11.3 Å². The fraction of sp³-hybridized carbons (Fsp3) is 0.0741. The molecule has 0 bridgehead atoms. The third-order valence-corrected chi connectivity index (χ3v) is 5.26. The Bertz CT molecular complexity index is 1490. The highest BCUT2D eigenvalue weighted by molar-refractivity contribution is 5.87. The Labute approximate surface area is 203 Å². The first kappa shape index (κ1) is 24.3. The number of nitrogens with one attached hydrogen (secondary N) is 1. The van der Waals surface area contributed by atoms with E-state index in [0.717, 1.165) is 10.6 Å². The Morgan fingerprint density at radius 2 is 1.61 bits per heavy atom. The maximum atomic E-state index is 13.8. The second-order valence-corrected chi connectivity index (χ2v) is 7.71. The highest BCUT2D eigenvalue weighted by atomic mass is 19.4. The van der Waals surface area contributed by atoms with Gasteiger partial charge >= 0.3 is 12.3 Å². The van der Waals surface area contributed by atoms with Crippen molar-refractivity contribution in [3.8, 4) is 23.1 Å². The fourth-order valence-electron chi connectivity index (χ4n) is 3.64. The van der Waals surface area contributed by atoms with E-state index in [0.29, 0.717) is 11.3 Å². The summed E-state index contributed by atoms with van der Waals surface area (Å²) in [4.78, 5) is 25.4. The van der Waals surface area contributed by atoms with Gasteiger partial charge in [0.1, 0.15) is 17.4 Å². The van der Waals surface area contributed by atoms with Crippen molar-refractivity contribution in [1.29, 1.82) is 5.26 Å². The summed E-state index contributed by atoms with van der Waals surface area (Å²) >= 11 is 0. The van der Waals surface area contributed by atoms with Gasteiger partial charge in [0.15, 0.2) is 0 Å². The standard InChI is InChI=1S/C27H18F3N3O3/c28-27(29,30)23-15-24(33(25(34)22(23)16-31)17-18-8-3-1-4-9-18)19-10-7-11-20(14-19)32-26(35)36-21-12-5-2-6-13-21/h1-15H,17H2,(H,32,35). The van der Waals surface area contributed by atoms with Gasteiger partial charge in [-0.05, 0) is 35.9 Å². The third-order valence-electron chi connectivity index (χ3n) is 5.26. The van der Waals surface area contributed by atoms with Crippen LogP contribution in [0.2, 0.25) is 0 Å². The van der Waals surface area contributed by atoms with Crippen LogP contribution in [0.3, 0.4) is 0 Å². The number of carbonyl (C=O) groups excluding carboxylic acids is 1. The number of hydrogen-bond acceptors (Lipinski definition) is 4. The highest BCUT2D eigenvalue weighted by Gasteiger charge is 2.36. The van der Waals surface area contributed by atoms with Crippen LogP contribution in [0, 0.1) is 11.3 Å². The number of alkyl halides is 3. The lowest BCUT2D eigenvalue weighted by Gasteiger charge is -2.18. The molecule has 6 nitrogen and oxygen atoms in total. The third kappa shape index (κ3) is 5.45. The van der Waals surface area contributed by atoms with Crippen LogP contribution >= 0.6 is 0 Å². The molecule has 9 heteroatoms. The number of ether oxygens (including phenoxy) is 1. The molecule has 1 N–H and O–H groups in total. The van der Waals surface area contributed by atoms with Crippen molar-refractivity contribution in [3.05, 3.63) is 118 Å². The molecule has 1 amide bonds. The summed E-state index contributed by atoms with van der Waals surface area (Å²) in [7, 11) is 0. The summed E-state index contributed by atoms with van der Waals surface area (Å²) < 4.78 is 47.6. The SMILES string of the molecule is N#Cc1c(C(F)(F)F)cc(-c2cccc(NC(=O)Oc3ccccc3)c2)n(Cc2ccccc2)c1=O. The van der Waals surface area contributed by atoms with Gasteiger partial charge in [0.05, 0.1) is 17.8 Å². The van der Waals surface area contributed by atoms with Crippen LogP contribution in [-0.2, 0) is 12.7 Å². The van der Waals surface area contributed by atoms with Crippen molar-refractivity contribution >= 4 is 11.8 Å². The van der Waals surface area contributed by atoms with Gasteiger partial charge < -0.3 is 9.30 Å². The minimum Gasteiger partial charge on any atom is -0.410 e. The van der Waals surface area contributed by atoms with E-state index in [4.69, 9.17) is 4.74 Å². The lowest BCUT2D eigenvalue weighted by Crippen LogP contribution is -2.28. The zero-order valence-electron chi connectivity index (χ0n) is 18.6. The van der Waals surface area contributed by atoms with Gasteiger partial charge in [-0.3, -0.25) is 10.1 Å². The van der Waals surface area contributed by atoms with E-state index in [2.05, 4.69) is 5.32 Å². The number of rotatable bonds is 5. The largest absolute Gasteiger partial charge is 0.417 e. The van der Waals surface area contributed by atoms with E-state index in [1.807, 2.05) is 0 Å². The molecule has 4 aromatic rings. The molecule has 0 unspecified atom stereocenters. The summed E-state index contributed by atoms with van der Waals surface area (Å²) in [5.74, 6) is 0.310. The zero-order valence-corrected chi connectivity index (χ0v) is 18.6. The van der Waals surface area contributed by atoms with Gasteiger partial charge in [-0.2, -0.15) is 18.4 Å². The number of para-hydroxylation sites is 1. The van der Waals surface area contributed by atoms with Crippen molar-refractivity contribution in [2.45, 2.75) is 12.7 Å². The number of anilines is 1. The monoisotopic (exact) mass is 489 g/mol. The maximum absolute atomic E-state index is 13.8. The number of aromatic nitrogens is 1. The second kappa shape index (κ2) is 10.2. The van der Waals surface area contributed by atoms with Gasteiger partial charge in [-0.15, -0.1) is 0 Å². The minimum atomic E-state index is -4.92. The summed E-state index contributed by atoms with van der Waals surface area (Å²) in [5.41, 5.74) is -2.30. The first-order valence-electron chi connectivity index (χ1n) is 10.7. The van der Waals surface area contributed by atoms with E-state index in [-0.39, 0.29) is 23.5 Å². The molecule has 0 spiro atoms. The van der Waals surface area contributed by atoms with Gasteiger partial charge in [-0.1, -0.05) is 60.7 Å². The van der Waals surface area contributed by atoms with Gasteiger partial charge in [-0.25, -0.2) is 4.79 Å². The van der Waals surface area contributed by atoms with E-state index in [1.165, 1.54) is 30.3 Å². The molecule has 1 heterocycles. The topological polar surface area (TPSA) is 84.1 Å². The quantitative estimate of drug-likeness (QED) is 0.369. The van der Waals surface area contributed by atoms with Crippen LogP contribution in [0.1, 0.15) is 16.7 Å². The first-order chi connectivity index (χ1) is 17.3. The molecule has 1 aromatic heterocycles. The van der Waals surface area contributed by atoms with Crippen LogP contribution in [0.15, 0.2) is 95.8 Å². The molecular weight excluding hydrogens is 471 g/mol. The lowest BCUT2D eigenvalue weighted by atomic mass is 10.0. The number of carbonyl (C=O) groups is 1. The molecule has 180 valence electrons. The van der Waals surface area contributed by atoms with E-state index in [1.54, 1.807) is 60.7 Å². The predicted molar refractivity (Wildman–Crippen MR) is 127 cm³/mol. The Hall–Kier alpha value is -4.84. The molecule has 0 saturated heterocycles. The maximum Gasteiger partial charge on any atom is 0.417 e. The van der Waals surface area contributed by atoms with Crippen LogP contribution in [-0.4, -0.2) is 10.7 Å². The van der Waals surface area contributed by atoms with E-state index >= 15 is 0 Å². The summed E-state index contributed by atoms with van der Waals surface area (Å²) in [6.07, 6.45) is -5.71. The zero-order chi connectivity index (χ0) is 25.7. The molecule has 0 fully saturated rings.